The third kappa shape index (κ3) is 29.5. The fraction of sp³-hybridized carbons (Fsp3) is 0.458. The molecule has 0 aromatic rings. The van der Waals surface area contributed by atoms with Gasteiger partial charge in [0.1, 0.15) is 0 Å². The molecule has 52 heavy (non-hydrogen) atoms. The first kappa shape index (κ1) is 45.8. The molecule has 0 bridgehead atoms. The second kappa shape index (κ2) is 36.6. The molecule has 284 valence electrons. The molecule has 0 unspecified atom stereocenters. The number of carbonyl (C=O) groups excluding carboxylic acids is 2. The molecule has 1 aliphatic heterocycles. The molecule has 1 saturated heterocycles. The van der Waals surface area contributed by atoms with E-state index in [0.29, 0.717) is 39.0 Å². The highest BCUT2D eigenvalue weighted by Crippen LogP contribution is 2.09. The van der Waals surface area contributed by atoms with Crippen molar-refractivity contribution < 1.29 is 9.59 Å². The fourth-order valence-corrected chi connectivity index (χ4v) is 5.21. The van der Waals surface area contributed by atoms with Crippen molar-refractivity contribution in [3.05, 3.63) is 146 Å². The molecule has 4 heteroatoms. The minimum absolute atomic E-state index is 0.185. The van der Waals surface area contributed by atoms with E-state index in [1.165, 1.54) is 0 Å². The molecular formula is C48H70N2O2. The first-order chi connectivity index (χ1) is 25.7. The van der Waals surface area contributed by atoms with E-state index in [1.54, 1.807) is 0 Å². The maximum absolute atomic E-state index is 12.6. The minimum atomic E-state index is 0.185. The van der Waals surface area contributed by atoms with Crippen molar-refractivity contribution in [3.8, 4) is 0 Å². The quantitative estimate of drug-likeness (QED) is 0.0760. The Bertz CT molecular complexity index is 1160. The Hall–Kier alpha value is -4.18. The van der Waals surface area contributed by atoms with Crippen LogP contribution >= 0.6 is 0 Å². The summed E-state index contributed by atoms with van der Waals surface area (Å²) in [5, 5.41) is 0. The summed E-state index contributed by atoms with van der Waals surface area (Å²) in [6.45, 7) is 6.84. The van der Waals surface area contributed by atoms with Gasteiger partial charge in [0.2, 0.25) is 11.8 Å². The largest absolute Gasteiger partial charge is 0.339 e. The SMILES string of the molecule is CC/C=C\C/C=C\C/C=C\C/C=C\C/C=C\C/C=C\CCC(=O)N1CCN(C(=O)CC/C=C\C/C=C\C/C=C\C/C=C\C/C=C\C/C=C\CC)CC1. The Morgan fingerprint density at radius 3 is 0.731 bits per heavy atom. The number of allylic oxidation sites excluding steroid dienone is 24. The Kier molecular flexibility index (Phi) is 32.3. The van der Waals surface area contributed by atoms with E-state index in [2.05, 4.69) is 160 Å². The summed E-state index contributed by atoms with van der Waals surface area (Å²) in [6, 6.07) is 0. The predicted octanol–water partition coefficient (Wildman–Crippen LogP) is 12.6. The highest BCUT2D eigenvalue weighted by molar-refractivity contribution is 5.78. The van der Waals surface area contributed by atoms with Crippen LogP contribution in [0.4, 0.5) is 0 Å². The van der Waals surface area contributed by atoms with Crippen molar-refractivity contribution in [1.29, 1.82) is 0 Å². The van der Waals surface area contributed by atoms with Crippen molar-refractivity contribution in [2.24, 2.45) is 0 Å². The topological polar surface area (TPSA) is 40.6 Å². The highest BCUT2D eigenvalue weighted by atomic mass is 16.2. The van der Waals surface area contributed by atoms with Crippen molar-refractivity contribution in [1.82, 2.24) is 9.80 Å². The van der Waals surface area contributed by atoms with E-state index in [0.717, 1.165) is 89.9 Å². The fourth-order valence-electron chi connectivity index (χ4n) is 5.21. The summed E-state index contributed by atoms with van der Waals surface area (Å²) in [6.07, 6.45) is 67.0. The van der Waals surface area contributed by atoms with Gasteiger partial charge in [-0.15, -0.1) is 0 Å². The Balaban J connectivity index is 2.04. The third-order valence-corrected chi connectivity index (χ3v) is 8.23. The summed E-state index contributed by atoms with van der Waals surface area (Å²) in [4.78, 5) is 29.1. The Morgan fingerprint density at radius 1 is 0.327 bits per heavy atom. The lowest BCUT2D eigenvalue weighted by atomic mass is 10.2. The van der Waals surface area contributed by atoms with E-state index >= 15 is 0 Å². The molecule has 2 amide bonds. The lowest BCUT2D eigenvalue weighted by Crippen LogP contribution is -2.50. The Morgan fingerprint density at radius 2 is 0.519 bits per heavy atom. The number of piperazine rings is 1. The number of rotatable bonds is 28. The van der Waals surface area contributed by atoms with Gasteiger partial charge in [0.25, 0.3) is 0 Å². The molecule has 0 aliphatic carbocycles. The Labute approximate surface area is 318 Å². The van der Waals surface area contributed by atoms with Gasteiger partial charge >= 0.3 is 0 Å². The zero-order valence-electron chi connectivity index (χ0n) is 32.7. The summed E-state index contributed by atoms with van der Waals surface area (Å²) in [5.41, 5.74) is 0. The molecule has 4 nitrogen and oxygen atoms in total. The van der Waals surface area contributed by atoms with Crippen LogP contribution in [0.2, 0.25) is 0 Å². The number of hydrogen-bond acceptors (Lipinski definition) is 2. The summed E-state index contributed by atoms with van der Waals surface area (Å²) < 4.78 is 0. The molecule has 0 radical (unpaired) electrons. The van der Waals surface area contributed by atoms with Crippen LogP contribution in [0.3, 0.4) is 0 Å². The van der Waals surface area contributed by atoms with Gasteiger partial charge in [-0.1, -0.05) is 160 Å². The molecule has 0 N–H and O–H groups in total. The molecule has 0 atom stereocenters. The molecule has 0 spiro atoms. The number of carbonyl (C=O) groups is 2. The van der Waals surface area contributed by atoms with Crippen LogP contribution in [0.5, 0.6) is 0 Å². The van der Waals surface area contributed by atoms with Crippen molar-refractivity contribution in [2.75, 3.05) is 26.2 Å². The average molecular weight is 707 g/mol. The number of nitrogens with zero attached hydrogens (tertiary/aromatic N) is 2. The molecule has 1 heterocycles. The second-order valence-corrected chi connectivity index (χ2v) is 12.7. The van der Waals surface area contributed by atoms with Crippen LogP contribution in [-0.4, -0.2) is 47.8 Å². The van der Waals surface area contributed by atoms with Gasteiger partial charge < -0.3 is 9.80 Å². The van der Waals surface area contributed by atoms with Gasteiger partial charge in [-0.2, -0.15) is 0 Å². The molecule has 1 aliphatic rings. The van der Waals surface area contributed by atoms with Gasteiger partial charge in [0.05, 0.1) is 0 Å². The van der Waals surface area contributed by atoms with E-state index < -0.39 is 0 Å². The van der Waals surface area contributed by atoms with Gasteiger partial charge in [0.15, 0.2) is 0 Å². The standard InChI is InChI=1S/C48H70N2O2/c1-3-5-7-9-11-13-15-17-19-21-23-25-27-29-31-33-35-37-39-41-47(51)49-43-45-50(46-44-49)48(52)42-40-38-36-34-32-30-28-26-24-22-20-18-16-14-12-10-8-6-4-2/h5-8,11-14,17-20,23-26,29-32,35-38H,3-4,9-10,15-16,21-22,27-28,33-34,39-46H2,1-2H3/b7-5-,8-6-,13-11-,14-12-,19-17-,20-18-,25-23-,26-24-,31-29-,32-30-,37-35-,38-36-. The van der Waals surface area contributed by atoms with Gasteiger partial charge in [-0.3, -0.25) is 9.59 Å². The first-order valence-electron chi connectivity index (χ1n) is 20.0. The minimum Gasteiger partial charge on any atom is -0.339 e. The smallest absolute Gasteiger partial charge is 0.223 e. The van der Waals surface area contributed by atoms with E-state index in [-0.39, 0.29) is 11.8 Å². The third-order valence-electron chi connectivity index (χ3n) is 8.23. The first-order valence-corrected chi connectivity index (χ1v) is 20.0. The van der Waals surface area contributed by atoms with Crippen molar-refractivity contribution in [2.45, 2.75) is 117 Å². The van der Waals surface area contributed by atoms with Crippen molar-refractivity contribution in [3.63, 3.8) is 0 Å². The van der Waals surface area contributed by atoms with Crippen LogP contribution in [0, 0.1) is 0 Å². The van der Waals surface area contributed by atoms with Crippen LogP contribution in [0.1, 0.15) is 117 Å². The van der Waals surface area contributed by atoms with Gasteiger partial charge in [-0.05, 0) is 89.9 Å². The monoisotopic (exact) mass is 707 g/mol. The lowest BCUT2D eigenvalue weighted by molar-refractivity contribution is -0.139. The number of amides is 2. The average Bonchev–Trinajstić information content (AvgIpc) is 3.16. The molecule has 1 rings (SSSR count). The molecular weight excluding hydrogens is 637 g/mol. The predicted molar refractivity (Wildman–Crippen MR) is 228 cm³/mol. The van der Waals surface area contributed by atoms with Crippen LogP contribution in [-0.2, 0) is 9.59 Å². The van der Waals surface area contributed by atoms with Crippen LogP contribution < -0.4 is 0 Å². The number of hydrogen-bond donors (Lipinski definition) is 0. The van der Waals surface area contributed by atoms with Gasteiger partial charge in [0, 0.05) is 39.0 Å². The lowest BCUT2D eigenvalue weighted by Gasteiger charge is -2.34. The summed E-state index contributed by atoms with van der Waals surface area (Å²) in [5.74, 6) is 0.370. The zero-order valence-corrected chi connectivity index (χ0v) is 32.7. The highest BCUT2D eigenvalue weighted by Gasteiger charge is 2.23. The maximum atomic E-state index is 12.6. The normalized spacial score (nSPS) is 15.2. The zero-order chi connectivity index (χ0) is 37.4. The van der Waals surface area contributed by atoms with E-state index in [1.807, 2.05) is 9.80 Å². The van der Waals surface area contributed by atoms with Crippen LogP contribution in [0.15, 0.2) is 146 Å². The van der Waals surface area contributed by atoms with Crippen LogP contribution in [0.25, 0.3) is 0 Å². The maximum Gasteiger partial charge on any atom is 0.223 e. The van der Waals surface area contributed by atoms with E-state index in [9.17, 15) is 9.59 Å². The second-order valence-electron chi connectivity index (χ2n) is 12.7. The molecule has 0 aromatic carbocycles. The molecule has 0 saturated carbocycles. The molecule has 0 aromatic heterocycles. The van der Waals surface area contributed by atoms with Crippen molar-refractivity contribution >= 4 is 11.8 Å². The van der Waals surface area contributed by atoms with Gasteiger partial charge in [-0.25, -0.2) is 0 Å². The molecule has 1 fully saturated rings. The summed E-state index contributed by atoms with van der Waals surface area (Å²) in [7, 11) is 0. The summed E-state index contributed by atoms with van der Waals surface area (Å²) >= 11 is 0. The van der Waals surface area contributed by atoms with E-state index in [4.69, 9.17) is 0 Å².